The summed E-state index contributed by atoms with van der Waals surface area (Å²) in [6, 6.07) is 0. The fourth-order valence-corrected chi connectivity index (χ4v) is 11.5. The van der Waals surface area contributed by atoms with Crippen LogP contribution in [0.4, 0.5) is 0 Å². The van der Waals surface area contributed by atoms with Gasteiger partial charge in [-0.2, -0.15) is 0 Å². The molecule has 0 aromatic rings. The van der Waals surface area contributed by atoms with Gasteiger partial charge < -0.3 is 39.8 Å². The summed E-state index contributed by atoms with van der Waals surface area (Å²) in [6.45, 7) is 0. The van der Waals surface area contributed by atoms with Crippen LogP contribution in [-0.4, -0.2) is 101 Å². The van der Waals surface area contributed by atoms with Gasteiger partial charge in [0.2, 0.25) is 0 Å². The molecular formula is C10H29NO9Si3. The topological polar surface area (TPSA) is 86.3 Å². The molecule has 10 nitrogen and oxygen atoms in total. The van der Waals surface area contributed by atoms with Gasteiger partial charge in [-0.1, -0.05) is 0 Å². The van der Waals surface area contributed by atoms with Gasteiger partial charge in [0.05, 0.1) is 6.17 Å². The molecule has 0 bridgehead atoms. The minimum Gasteiger partial charge on any atom is -0.376 e. The molecule has 0 unspecified atom stereocenters. The van der Waals surface area contributed by atoms with Gasteiger partial charge in [-0.3, -0.25) is 0 Å². The average molecular weight is 392 g/mol. The van der Waals surface area contributed by atoms with Gasteiger partial charge in [0, 0.05) is 64.0 Å². The Balaban J connectivity index is 6.09. The zero-order valence-corrected chi connectivity index (χ0v) is 18.3. The molecule has 0 N–H and O–H groups in total. The highest BCUT2D eigenvalue weighted by atomic mass is 28.5. The van der Waals surface area contributed by atoms with E-state index < -0.39 is 26.7 Å². The fourth-order valence-electron chi connectivity index (χ4n) is 2.16. The number of nitrogens with zero attached hydrogens (tertiary/aromatic N) is 1. The Morgan fingerprint density at radius 1 is 0.478 bits per heavy atom. The average Bonchev–Trinajstić information content (AvgIpc) is 2.63. The van der Waals surface area contributed by atoms with Crippen LogP contribution in [0.15, 0.2) is 0 Å². The molecule has 23 heavy (non-hydrogen) atoms. The van der Waals surface area contributed by atoms with Gasteiger partial charge in [-0.25, -0.2) is 4.23 Å². The van der Waals surface area contributed by atoms with Crippen LogP contribution in [0.3, 0.4) is 0 Å². The highest BCUT2D eigenvalue weighted by molar-refractivity contribution is 6.77. The Morgan fingerprint density at radius 3 is 0.913 bits per heavy atom. The molecule has 0 aromatic carbocycles. The van der Waals surface area contributed by atoms with Crippen molar-refractivity contribution in [1.29, 1.82) is 0 Å². The molecule has 0 aliphatic heterocycles. The fraction of sp³-hybridized carbons (Fsp3) is 1.00. The second-order valence-corrected chi connectivity index (χ2v) is 13.1. The number of hydrogen-bond donors (Lipinski definition) is 0. The maximum atomic E-state index is 5.56. The second kappa shape index (κ2) is 10.3. The van der Waals surface area contributed by atoms with Gasteiger partial charge in [0.25, 0.3) is 0 Å². The molecule has 0 saturated heterocycles. The summed E-state index contributed by atoms with van der Waals surface area (Å²) in [4.78, 5) is 0. The van der Waals surface area contributed by atoms with Gasteiger partial charge in [-0.15, -0.1) is 0 Å². The van der Waals surface area contributed by atoms with Crippen molar-refractivity contribution in [1.82, 2.24) is 4.23 Å². The largest absolute Gasteiger partial charge is 0.597 e. The lowest BCUT2D eigenvalue weighted by Gasteiger charge is -2.44. The van der Waals surface area contributed by atoms with Crippen molar-refractivity contribution in [2.75, 3.05) is 70.2 Å². The van der Waals surface area contributed by atoms with E-state index in [0.717, 1.165) is 0 Å². The van der Waals surface area contributed by atoms with E-state index in [-0.39, 0.29) is 6.17 Å². The Bertz CT molecular complexity index is 282. The maximum Gasteiger partial charge on any atom is 0.597 e. The Kier molecular flexibility index (Phi) is 10.4. The molecule has 140 valence electrons. The first-order valence-corrected chi connectivity index (χ1v) is 11.9. The summed E-state index contributed by atoms with van der Waals surface area (Å²) in [5.41, 5.74) is 0. The van der Waals surface area contributed by atoms with Crippen LogP contribution in [0, 0.1) is 0 Å². The van der Waals surface area contributed by atoms with Crippen LogP contribution in [0.25, 0.3) is 0 Å². The SMILES string of the molecule is CO[Si](CN([Si](OC)(OC)OC)[Si](OC)(OC)OC)(OC)OC. The van der Waals surface area contributed by atoms with E-state index in [0.29, 0.717) is 0 Å². The quantitative estimate of drug-likeness (QED) is 0.381. The van der Waals surface area contributed by atoms with Crippen LogP contribution in [-0.2, 0) is 39.8 Å². The summed E-state index contributed by atoms with van der Waals surface area (Å²) in [5, 5.41) is 0. The van der Waals surface area contributed by atoms with Crippen LogP contribution in [0.5, 0.6) is 0 Å². The van der Waals surface area contributed by atoms with Crippen molar-refractivity contribution < 1.29 is 39.8 Å². The maximum absolute atomic E-state index is 5.56. The first kappa shape index (κ1) is 23.3. The molecule has 0 amide bonds. The van der Waals surface area contributed by atoms with Gasteiger partial charge >= 0.3 is 26.7 Å². The van der Waals surface area contributed by atoms with E-state index in [1.54, 1.807) is 4.23 Å². The van der Waals surface area contributed by atoms with E-state index in [9.17, 15) is 0 Å². The molecular weight excluding hydrogens is 362 g/mol. The zero-order valence-electron chi connectivity index (χ0n) is 15.3. The predicted octanol–water partition coefficient (Wildman–Crippen LogP) is -0.545. The third kappa shape index (κ3) is 4.66. The molecule has 0 fully saturated rings. The van der Waals surface area contributed by atoms with Crippen molar-refractivity contribution in [3.05, 3.63) is 0 Å². The van der Waals surface area contributed by atoms with Crippen LogP contribution in [0.1, 0.15) is 0 Å². The first-order valence-electron chi connectivity index (χ1n) is 6.63. The molecule has 0 saturated carbocycles. The Morgan fingerprint density at radius 2 is 0.739 bits per heavy atom. The molecule has 0 aliphatic rings. The van der Waals surface area contributed by atoms with Crippen LogP contribution in [0.2, 0.25) is 0 Å². The summed E-state index contributed by atoms with van der Waals surface area (Å²) in [6.07, 6.45) is 0.125. The van der Waals surface area contributed by atoms with Crippen LogP contribution < -0.4 is 0 Å². The highest BCUT2D eigenvalue weighted by Crippen LogP contribution is 2.26. The summed E-state index contributed by atoms with van der Waals surface area (Å²) >= 11 is 0. The van der Waals surface area contributed by atoms with Crippen molar-refractivity contribution in [3.8, 4) is 0 Å². The molecule has 0 aromatic heterocycles. The molecule has 13 heteroatoms. The smallest absolute Gasteiger partial charge is 0.376 e. The number of rotatable bonds is 13. The third-order valence-electron chi connectivity index (χ3n) is 3.49. The zero-order chi connectivity index (χ0) is 18.1. The van der Waals surface area contributed by atoms with E-state index in [1.165, 1.54) is 64.0 Å². The highest BCUT2D eigenvalue weighted by Gasteiger charge is 2.65. The normalized spacial score (nSPS) is 13.8. The lowest BCUT2D eigenvalue weighted by Crippen LogP contribution is -2.77. The summed E-state index contributed by atoms with van der Waals surface area (Å²) < 4.78 is 51.5. The van der Waals surface area contributed by atoms with Gasteiger partial charge in [0.15, 0.2) is 0 Å². The minimum atomic E-state index is -3.39. The molecule has 0 heterocycles. The summed E-state index contributed by atoms with van der Waals surface area (Å²) in [7, 11) is 3.49. The lowest BCUT2D eigenvalue weighted by atomic mass is 11.5. The predicted molar refractivity (Wildman–Crippen MR) is 87.0 cm³/mol. The lowest BCUT2D eigenvalue weighted by molar-refractivity contribution is 0.0153. The van der Waals surface area contributed by atoms with E-state index in [2.05, 4.69) is 0 Å². The molecule has 0 spiro atoms. The molecule has 0 atom stereocenters. The standard InChI is InChI=1S/C10H29NO9Si3/c1-12-21(13-2,14-3)10-11(22(15-4,16-5)17-6)23(18-7,19-8)20-9/h10H2,1-9H3. The monoisotopic (exact) mass is 391 g/mol. The minimum absolute atomic E-state index is 0.125. The summed E-state index contributed by atoms with van der Waals surface area (Å²) in [5.74, 6) is 0. The van der Waals surface area contributed by atoms with Crippen molar-refractivity contribution in [2.24, 2.45) is 0 Å². The van der Waals surface area contributed by atoms with E-state index in [1.807, 2.05) is 0 Å². The van der Waals surface area contributed by atoms with Crippen molar-refractivity contribution >= 4 is 26.7 Å². The molecule has 0 rings (SSSR count). The third-order valence-corrected chi connectivity index (χ3v) is 13.1. The molecule has 0 aliphatic carbocycles. The number of hydrogen-bond acceptors (Lipinski definition) is 10. The van der Waals surface area contributed by atoms with Crippen LogP contribution >= 0.6 is 0 Å². The second-order valence-electron chi connectivity index (χ2n) is 4.15. The Labute approximate surface area is 141 Å². The van der Waals surface area contributed by atoms with Crippen molar-refractivity contribution in [2.45, 2.75) is 0 Å². The van der Waals surface area contributed by atoms with Crippen molar-refractivity contribution in [3.63, 3.8) is 0 Å². The van der Waals surface area contributed by atoms with Gasteiger partial charge in [0.1, 0.15) is 0 Å². The van der Waals surface area contributed by atoms with Gasteiger partial charge in [-0.05, 0) is 0 Å². The van der Waals surface area contributed by atoms with E-state index >= 15 is 0 Å². The first-order chi connectivity index (χ1) is 10.9. The van der Waals surface area contributed by atoms with E-state index in [4.69, 9.17) is 39.8 Å². The Hall–Kier alpha value is 0.251. The molecule has 0 radical (unpaired) electrons.